The third-order valence-corrected chi connectivity index (χ3v) is 5.70. The lowest BCUT2D eigenvalue weighted by molar-refractivity contribution is -0.387. The second kappa shape index (κ2) is 11.0. The molecule has 2 heterocycles. The van der Waals surface area contributed by atoms with Crippen molar-refractivity contribution < 1.29 is 23.3 Å². The average molecular weight is 528 g/mol. The Hall–Kier alpha value is -5.29. The molecular formula is C28H22FN5O5. The third kappa shape index (κ3) is 5.53. The molecule has 4 aromatic carbocycles. The van der Waals surface area contributed by atoms with Crippen molar-refractivity contribution in [3.05, 3.63) is 101 Å². The monoisotopic (exact) mass is 527 g/mol. The molecule has 39 heavy (non-hydrogen) atoms. The summed E-state index contributed by atoms with van der Waals surface area (Å²) in [5.74, 6) is -0.110. The van der Waals surface area contributed by atoms with Crippen LogP contribution in [0.2, 0.25) is 0 Å². The first-order valence-corrected chi connectivity index (χ1v) is 11.8. The number of aliphatic hydroxyl groups is 1. The molecule has 0 aliphatic heterocycles. The van der Waals surface area contributed by atoms with Gasteiger partial charge in [0.1, 0.15) is 11.0 Å². The highest BCUT2D eigenvalue weighted by molar-refractivity contribution is 5.79. The van der Waals surface area contributed by atoms with Crippen LogP contribution in [0.25, 0.3) is 45.1 Å². The zero-order chi connectivity index (χ0) is 27.4. The van der Waals surface area contributed by atoms with Crippen molar-refractivity contribution in [2.75, 3.05) is 24.2 Å². The van der Waals surface area contributed by atoms with Crippen LogP contribution in [0.1, 0.15) is 0 Å². The molecule has 0 saturated heterocycles. The number of aromatic nitrogens is 2. The number of hydrogen-bond acceptors (Lipinski definition) is 9. The first kappa shape index (κ1) is 25.4. The number of nitrogen functional groups attached to an aromatic ring is 1. The molecule has 0 atom stereocenters. The Morgan fingerprint density at radius 3 is 1.97 bits per heavy atom. The van der Waals surface area contributed by atoms with Crippen molar-refractivity contribution >= 4 is 39.3 Å². The van der Waals surface area contributed by atoms with Crippen LogP contribution in [0.4, 0.5) is 21.5 Å². The molecule has 2 aromatic heterocycles. The Labute approximate surface area is 220 Å². The van der Waals surface area contributed by atoms with E-state index in [9.17, 15) is 14.5 Å². The molecule has 0 radical (unpaired) electrons. The number of rotatable bonds is 6. The number of fused-ring (bicyclic) bond motifs is 2. The molecule has 0 unspecified atom stereocenters. The summed E-state index contributed by atoms with van der Waals surface area (Å²) in [6, 6.07) is 23.8. The number of aliphatic hydroxyl groups excluding tert-OH is 1. The molecule has 0 saturated carbocycles. The number of nitrogens with one attached hydrogen (secondary N) is 1. The second-order valence-electron chi connectivity index (χ2n) is 8.35. The molecule has 11 heteroatoms. The van der Waals surface area contributed by atoms with Crippen molar-refractivity contribution in [3.8, 4) is 22.9 Å². The van der Waals surface area contributed by atoms with E-state index in [0.717, 1.165) is 34.5 Å². The molecule has 0 aliphatic rings. The number of oxazole rings is 2. The summed E-state index contributed by atoms with van der Waals surface area (Å²) in [5.41, 5.74) is 10.8. The number of hydrogen-bond donors (Lipinski definition) is 3. The van der Waals surface area contributed by atoms with Crippen molar-refractivity contribution in [2.45, 2.75) is 0 Å². The SMILES string of the molecule is Nc1cc(-c2nc3ccccc3o2)ccc1NCCO.O=[N+]([O-])c1cc(-c2nc3ccccc3o2)ccc1F. The molecule has 196 valence electrons. The highest BCUT2D eigenvalue weighted by Crippen LogP contribution is 2.30. The van der Waals surface area contributed by atoms with Gasteiger partial charge in [0.2, 0.25) is 17.6 Å². The number of nitro groups is 1. The molecule has 6 rings (SSSR count). The summed E-state index contributed by atoms with van der Waals surface area (Å²) in [6.45, 7) is 0.527. The van der Waals surface area contributed by atoms with Gasteiger partial charge in [0.25, 0.3) is 0 Å². The molecule has 4 N–H and O–H groups in total. The summed E-state index contributed by atoms with van der Waals surface area (Å²) in [5, 5.41) is 22.5. The number of benzene rings is 4. The fourth-order valence-corrected chi connectivity index (χ4v) is 3.82. The molecule has 0 spiro atoms. The minimum absolute atomic E-state index is 0.0618. The molecule has 0 bridgehead atoms. The first-order chi connectivity index (χ1) is 18.9. The van der Waals surface area contributed by atoms with Gasteiger partial charge in [-0.2, -0.15) is 4.39 Å². The van der Waals surface area contributed by atoms with E-state index in [1.807, 2.05) is 48.5 Å². The van der Waals surface area contributed by atoms with Gasteiger partial charge in [0.05, 0.1) is 22.9 Å². The van der Waals surface area contributed by atoms with Gasteiger partial charge in [0, 0.05) is 23.7 Å². The Kier molecular flexibility index (Phi) is 7.15. The summed E-state index contributed by atoms with van der Waals surface area (Å²) in [4.78, 5) is 18.6. The Bertz CT molecular complexity index is 1720. The highest BCUT2D eigenvalue weighted by Gasteiger charge is 2.17. The first-order valence-electron chi connectivity index (χ1n) is 11.8. The number of para-hydroxylation sites is 4. The topological polar surface area (TPSA) is 153 Å². The van der Waals surface area contributed by atoms with E-state index in [2.05, 4.69) is 15.3 Å². The Morgan fingerprint density at radius 2 is 1.44 bits per heavy atom. The molecule has 0 amide bonds. The van der Waals surface area contributed by atoms with E-state index in [4.69, 9.17) is 19.7 Å². The number of nitrogens with zero attached hydrogens (tertiary/aromatic N) is 3. The molecule has 0 fully saturated rings. The zero-order valence-corrected chi connectivity index (χ0v) is 20.4. The predicted molar refractivity (Wildman–Crippen MR) is 145 cm³/mol. The number of anilines is 2. The van der Waals surface area contributed by atoms with Crippen LogP contribution in [0.3, 0.4) is 0 Å². The van der Waals surface area contributed by atoms with Gasteiger partial charge < -0.3 is 25.0 Å². The average Bonchev–Trinajstić information content (AvgIpc) is 3.57. The van der Waals surface area contributed by atoms with Crippen LogP contribution in [0, 0.1) is 15.9 Å². The molecule has 6 aromatic rings. The van der Waals surface area contributed by atoms with Gasteiger partial charge in [-0.25, -0.2) is 9.97 Å². The predicted octanol–water partition coefficient (Wildman–Crippen LogP) is 6.02. The highest BCUT2D eigenvalue weighted by atomic mass is 19.1. The van der Waals surface area contributed by atoms with Gasteiger partial charge >= 0.3 is 5.69 Å². The normalized spacial score (nSPS) is 10.8. The van der Waals surface area contributed by atoms with E-state index in [1.54, 1.807) is 18.2 Å². The minimum atomic E-state index is -0.884. The van der Waals surface area contributed by atoms with Crippen molar-refractivity contribution in [2.24, 2.45) is 0 Å². The van der Waals surface area contributed by atoms with Gasteiger partial charge in [-0.3, -0.25) is 10.1 Å². The summed E-state index contributed by atoms with van der Waals surface area (Å²) in [7, 11) is 0. The zero-order valence-electron chi connectivity index (χ0n) is 20.4. The quantitative estimate of drug-likeness (QED) is 0.134. The van der Waals surface area contributed by atoms with E-state index in [-0.39, 0.29) is 12.5 Å². The van der Waals surface area contributed by atoms with E-state index in [0.29, 0.717) is 34.8 Å². The smallest absolute Gasteiger partial charge is 0.305 e. The molecular weight excluding hydrogens is 505 g/mol. The van der Waals surface area contributed by atoms with Crippen molar-refractivity contribution in [1.29, 1.82) is 0 Å². The lowest BCUT2D eigenvalue weighted by atomic mass is 10.1. The van der Waals surface area contributed by atoms with E-state index >= 15 is 0 Å². The maximum atomic E-state index is 13.2. The number of nitro benzene ring substituents is 1. The van der Waals surface area contributed by atoms with Crippen molar-refractivity contribution in [3.63, 3.8) is 0 Å². The maximum Gasteiger partial charge on any atom is 0.305 e. The van der Waals surface area contributed by atoms with Crippen LogP contribution < -0.4 is 11.1 Å². The standard InChI is InChI=1S/C15H15N3O2.C13H7FN2O3/c16-11-9-10(5-6-12(11)17-7-8-19)15-18-13-3-1-2-4-14(13)20-15;14-9-6-5-8(7-11(9)16(17)18)13-15-10-3-1-2-4-12(10)19-13/h1-6,9,17,19H,7-8,16H2;1-7H. The number of nitrogens with two attached hydrogens (primary N) is 1. The third-order valence-electron chi connectivity index (χ3n) is 5.70. The fraction of sp³-hybridized carbons (Fsp3) is 0.0714. The van der Waals surface area contributed by atoms with Gasteiger partial charge in [0.15, 0.2) is 11.2 Å². The Morgan fingerprint density at radius 1 is 0.872 bits per heavy atom. The maximum absolute atomic E-state index is 13.2. The van der Waals surface area contributed by atoms with E-state index < -0.39 is 16.4 Å². The van der Waals surface area contributed by atoms with Crippen LogP contribution >= 0.6 is 0 Å². The van der Waals surface area contributed by atoms with Crippen LogP contribution in [-0.2, 0) is 0 Å². The summed E-state index contributed by atoms with van der Waals surface area (Å²) in [6.07, 6.45) is 0. The fourth-order valence-electron chi connectivity index (χ4n) is 3.82. The lowest BCUT2D eigenvalue weighted by Gasteiger charge is -2.08. The van der Waals surface area contributed by atoms with Crippen LogP contribution in [-0.4, -0.2) is 33.1 Å². The Balaban J connectivity index is 0.000000158. The van der Waals surface area contributed by atoms with Crippen molar-refractivity contribution in [1.82, 2.24) is 9.97 Å². The molecule has 10 nitrogen and oxygen atoms in total. The van der Waals surface area contributed by atoms with Gasteiger partial charge in [-0.05, 0) is 54.6 Å². The van der Waals surface area contributed by atoms with Crippen LogP contribution in [0.15, 0.2) is 93.8 Å². The van der Waals surface area contributed by atoms with Gasteiger partial charge in [-0.1, -0.05) is 24.3 Å². The summed E-state index contributed by atoms with van der Waals surface area (Å²) >= 11 is 0. The van der Waals surface area contributed by atoms with E-state index in [1.165, 1.54) is 6.07 Å². The summed E-state index contributed by atoms with van der Waals surface area (Å²) < 4.78 is 24.4. The van der Waals surface area contributed by atoms with Crippen LogP contribution in [0.5, 0.6) is 0 Å². The molecule has 0 aliphatic carbocycles. The number of halogens is 1. The van der Waals surface area contributed by atoms with Gasteiger partial charge in [-0.15, -0.1) is 0 Å². The lowest BCUT2D eigenvalue weighted by Crippen LogP contribution is -2.07. The minimum Gasteiger partial charge on any atom is -0.436 e. The largest absolute Gasteiger partial charge is 0.436 e. The second-order valence-corrected chi connectivity index (χ2v) is 8.35.